The summed E-state index contributed by atoms with van der Waals surface area (Å²) < 4.78 is 10.7. The first kappa shape index (κ1) is 14.6. The lowest BCUT2D eigenvalue weighted by atomic mass is 10.0. The highest BCUT2D eigenvalue weighted by Crippen LogP contribution is 2.30. The fraction of sp³-hybridized carbons (Fsp3) is 0.412. The van der Waals surface area contributed by atoms with Crippen LogP contribution in [0.25, 0.3) is 0 Å². The van der Waals surface area contributed by atoms with Gasteiger partial charge in [0.25, 0.3) is 0 Å². The van der Waals surface area contributed by atoms with Crippen LogP contribution in [0.5, 0.6) is 0 Å². The Bertz CT molecular complexity index is 568. The minimum Gasteiger partial charge on any atom is -0.456 e. The molecule has 5 nitrogen and oxygen atoms in total. The molecule has 3 rings (SSSR count). The molecule has 22 heavy (non-hydrogen) atoms. The Kier molecular flexibility index (Phi) is 4.13. The van der Waals surface area contributed by atoms with Gasteiger partial charge in [0, 0.05) is 18.5 Å². The lowest BCUT2D eigenvalue weighted by Gasteiger charge is -2.27. The van der Waals surface area contributed by atoms with Crippen LogP contribution in [0.2, 0.25) is 0 Å². The van der Waals surface area contributed by atoms with E-state index in [0.29, 0.717) is 18.5 Å². The van der Waals surface area contributed by atoms with E-state index in [1.54, 1.807) is 4.90 Å². The van der Waals surface area contributed by atoms with E-state index < -0.39 is 0 Å². The fourth-order valence-electron chi connectivity index (χ4n) is 3.01. The molecule has 0 saturated carbocycles. The molecule has 0 N–H and O–H groups in total. The molecule has 0 radical (unpaired) electrons. The Morgan fingerprint density at radius 3 is 2.82 bits per heavy atom. The molecule has 2 aliphatic heterocycles. The zero-order valence-electron chi connectivity index (χ0n) is 12.4. The van der Waals surface area contributed by atoms with Crippen molar-refractivity contribution in [3.05, 3.63) is 48.0 Å². The van der Waals surface area contributed by atoms with Gasteiger partial charge in [0.15, 0.2) is 0 Å². The molecular weight excluding hydrogens is 282 g/mol. The molecule has 2 atom stereocenters. The van der Waals surface area contributed by atoms with Gasteiger partial charge >= 0.3 is 12.1 Å². The Morgan fingerprint density at radius 1 is 1.36 bits per heavy atom. The number of cyclic esters (lactones) is 1. The van der Waals surface area contributed by atoms with Crippen molar-refractivity contribution in [1.82, 2.24) is 4.90 Å². The lowest BCUT2D eigenvalue weighted by molar-refractivity contribution is -0.140. The van der Waals surface area contributed by atoms with Crippen LogP contribution in [0.3, 0.4) is 0 Å². The molecule has 1 aromatic rings. The second kappa shape index (κ2) is 6.22. The third kappa shape index (κ3) is 2.98. The maximum atomic E-state index is 12.3. The van der Waals surface area contributed by atoms with Gasteiger partial charge in [0.05, 0.1) is 6.04 Å². The summed E-state index contributed by atoms with van der Waals surface area (Å²) in [4.78, 5) is 25.4. The topological polar surface area (TPSA) is 55.8 Å². The smallest absolute Gasteiger partial charge is 0.410 e. The summed E-state index contributed by atoms with van der Waals surface area (Å²) in [6.45, 7) is 4.58. The van der Waals surface area contributed by atoms with Crippen LogP contribution in [0.15, 0.2) is 42.5 Å². The van der Waals surface area contributed by atoms with Crippen molar-refractivity contribution in [3.63, 3.8) is 0 Å². The summed E-state index contributed by atoms with van der Waals surface area (Å²) in [5, 5.41) is 0. The zero-order chi connectivity index (χ0) is 15.5. The van der Waals surface area contributed by atoms with Gasteiger partial charge < -0.3 is 14.4 Å². The number of hydrogen-bond acceptors (Lipinski definition) is 4. The summed E-state index contributed by atoms with van der Waals surface area (Å²) in [5.41, 5.74) is 1.43. The molecular formula is C17H19NO4. The number of rotatable bonds is 3. The van der Waals surface area contributed by atoms with Crippen molar-refractivity contribution < 1.29 is 19.1 Å². The van der Waals surface area contributed by atoms with Crippen molar-refractivity contribution in [3.8, 4) is 0 Å². The van der Waals surface area contributed by atoms with E-state index >= 15 is 0 Å². The second-order valence-electron chi connectivity index (χ2n) is 5.69. The van der Waals surface area contributed by atoms with Crippen molar-refractivity contribution in [2.75, 3.05) is 6.54 Å². The normalized spacial score (nSPS) is 24.5. The molecule has 0 aliphatic carbocycles. The van der Waals surface area contributed by atoms with Crippen LogP contribution in [0, 0.1) is 0 Å². The minimum absolute atomic E-state index is 0.105. The number of carbonyl (C=O) groups is 2. The molecule has 0 bridgehead atoms. The third-order valence-electron chi connectivity index (χ3n) is 4.16. The predicted molar refractivity (Wildman–Crippen MR) is 80.0 cm³/mol. The van der Waals surface area contributed by atoms with Crippen LogP contribution in [0.4, 0.5) is 4.79 Å². The molecule has 116 valence electrons. The monoisotopic (exact) mass is 301 g/mol. The van der Waals surface area contributed by atoms with Gasteiger partial charge in [-0.05, 0) is 18.4 Å². The molecule has 0 aromatic heterocycles. The van der Waals surface area contributed by atoms with Gasteiger partial charge in [0.1, 0.15) is 12.7 Å². The first-order valence-electron chi connectivity index (χ1n) is 7.51. The zero-order valence-corrected chi connectivity index (χ0v) is 12.4. The maximum Gasteiger partial charge on any atom is 0.410 e. The molecule has 1 aromatic carbocycles. The number of amides is 1. The highest BCUT2D eigenvalue weighted by Gasteiger charge is 2.41. The SMILES string of the molecule is C=C1C[C@@H]([C@@H]2CCCN2C(=O)OCc2ccccc2)OC1=O. The van der Waals surface area contributed by atoms with Gasteiger partial charge in [-0.3, -0.25) is 0 Å². The van der Waals surface area contributed by atoms with E-state index in [4.69, 9.17) is 9.47 Å². The largest absolute Gasteiger partial charge is 0.456 e. The summed E-state index contributed by atoms with van der Waals surface area (Å²) in [5.74, 6) is -0.352. The van der Waals surface area contributed by atoms with Gasteiger partial charge in [-0.2, -0.15) is 0 Å². The number of nitrogens with zero attached hydrogens (tertiary/aromatic N) is 1. The first-order chi connectivity index (χ1) is 10.6. The van der Waals surface area contributed by atoms with Crippen molar-refractivity contribution in [2.24, 2.45) is 0 Å². The highest BCUT2D eigenvalue weighted by atomic mass is 16.6. The van der Waals surface area contributed by atoms with Gasteiger partial charge in [0.2, 0.25) is 0 Å². The van der Waals surface area contributed by atoms with Crippen LogP contribution < -0.4 is 0 Å². The van der Waals surface area contributed by atoms with Crippen molar-refractivity contribution in [2.45, 2.75) is 38.0 Å². The van der Waals surface area contributed by atoms with Crippen molar-refractivity contribution in [1.29, 1.82) is 0 Å². The third-order valence-corrected chi connectivity index (χ3v) is 4.16. The number of likely N-dealkylation sites (tertiary alicyclic amines) is 1. The average Bonchev–Trinajstić information content (AvgIpc) is 3.13. The number of carbonyl (C=O) groups excluding carboxylic acids is 2. The van der Waals surface area contributed by atoms with Gasteiger partial charge in [-0.15, -0.1) is 0 Å². The van der Waals surface area contributed by atoms with Crippen LogP contribution >= 0.6 is 0 Å². The first-order valence-corrected chi connectivity index (χ1v) is 7.51. The van der Waals surface area contributed by atoms with Crippen LogP contribution in [0.1, 0.15) is 24.8 Å². The number of ether oxygens (including phenoxy) is 2. The van der Waals surface area contributed by atoms with Crippen LogP contribution in [-0.4, -0.2) is 35.7 Å². The Morgan fingerprint density at radius 2 is 2.14 bits per heavy atom. The number of benzene rings is 1. The molecule has 2 heterocycles. The number of hydrogen-bond donors (Lipinski definition) is 0. The minimum atomic E-state index is -0.352. The van der Waals surface area contributed by atoms with Crippen molar-refractivity contribution >= 4 is 12.1 Å². The van der Waals surface area contributed by atoms with Gasteiger partial charge in [-0.25, -0.2) is 9.59 Å². The summed E-state index contributed by atoms with van der Waals surface area (Å²) in [6.07, 6.45) is 1.58. The molecule has 2 fully saturated rings. The van der Waals surface area contributed by atoms with E-state index in [9.17, 15) is 9.59 Å². The quantitative estimate of drug-likeness (QED) is 0.636. The molecule has 0 spiro atoms. The summed E-state index contributed by atoms with van der Waals surface area (Å²) >= 11 is 0. The summed E-state index contributed by atoms with van der Waals surface area (Å²) in [7, 11) is 0. The van der Waals surface area contributed by atoms with E-state index in [1.807, 2.05) is 30.3 Å². The standard InChI is InChI=1S/C17H19NO4/c1-12-10-15(22-16(12)19)14-8-5-9-18(14)17(20)21-11-13-6-3-2-4-7-13/h2-4,6-7,14-15H,1,5,8-11H2/t14-,15-/m0/s1. The highest BCUT2D eigenvalue weighted by molar-refractivity contribution is 5.90. The van der Waals surface area contributed by atoms with Crippen LogP contribution in [-0.2, 0) is 20.9 Å². The average molecular weight is 301 g/mol. The van der Waals surface area contributed by atoms with E-state index in [1.165, 1.54) is 0 Å². The molecule has 2 aliphatic rings. The lowest BCUT2D eigenvalue weighted by Crippen LogP contribution is -2.42. The second-order valence-corrected chi connectivity index (χ2v) is 5.69. The maximum absolute atomic E-state index is 12.3. The molecule has 0 unspecified atom stereocenters. The fourth-order valence-corrected chi connectivity index (χ4v) is 3.01. The Hall–Kier alpha value is -2.30. The number of esters is 1. The molecule has 2 saturated heterocycles. The predicted octanol–water partition coefficient (Wildman–Crippen LogP) is 2.66. The molecule has 1 amide bonds. The summed E-state index contributed by atoms with van der Waals surface area (Å²) in [6, 6.07) is 9.46. The Balaban J connectivity index is 1.59. The Labute approximate surface area is 129 Å². The van der Waals surface area contributed by atoms with E-state index in [0.717, 1.165) is 18.4 Å². The van der Waals surface area contributed by atoms with Gasteiger partial charge in [-0.1, -0.05) is 36.9 Å². The van der Waals surface area contributed by atoms with E-state index in [2.05, 4.69) is 6.58 Å². The van der Waals surface area contributed by atoms with E-state index in [-0.39, 0.29) is 30.8 Å². The molecule has 5 heteroatoms.